The summed E-state index contributed by atoms with van der Waals surface area (Å²) in [6.07, 6.45) is 0. The maximum atomic E-state index is 13.0. The molecule has 0 N–H and O–H groups in total. The molecule has 3 rings (SSSR count). The number of likely N-dealkylation sites (N-methyl/N-ethyl adjacent to an activating group) is 1. The summed E-state index contributed by atoms with van der Waals surface area (Å²) in [4.78, 5) is 16.6. The first-order valence-corrected chi connectivity index (χ1v) is 11.9. The fourth-order valence-electron chi connectivity index (χ4n) is 3.56. The van der Waals surface area contributed by atoms with Gasteiger partial charge in [-0.25, -0.2) is 8.42 Å². The van der Waals surface area contributed by atoms with Gasteiger partial charge >= 0.3 is 0 Å². The van der Waals surface area contributed by atoms with Gasteiger partial charge in [-0.3, -0.25) is 9.69 Å². The molecule has 1 heterocycles. The molecule has 1 atom stereocenters. The van der Waals surface area contributed by atoms with Gasteiger partial charge in [0.05, 0.1) is 11.1 Å². The van der Waals surface area contributed by atoms with Crippen LogP contribution >= 0.6 is 23.2 Å². The molecular weight excluding hydrogens is 445 g/mol. The maximum absolute atomic E-state index is 13.0. The Kier molecular flexibility index (Phi) is 7.42. The van der Waals surface area contributed by atoms with Crippen molar-refractivity contribution < 1.29 is 13.2 Å². The van der Waals surface area contributed by atoms with E-state index in [1.165, 1.54) is 16.4 Å². The van der Waals surface area contributed by atoms with E-state index in [1.807, 2.05) is 42.2 Å². The Labute approximate surface area is 188 Å². The lowest BCUT2D eigenvalue weighted by Gasteiger charge is -2.38. The van der Waals surface area contributed by atoms with Gasteiger partial charge in [-0.15, -0.1) is 0 Å². The zero-order valence-corrected chi connectivity index (χ0v) is 19.3. The Hall–Kier alpha value is -1.64. The zero-order chi connectivity index (χ0) is 21.9. The summed E-state index contributed by atoms with van der Waals surface area (Å²) in [5, 5.41) is 0.463. The summed E-state index contributed by atoms with van der Waals surface area (Å²) in [6, 6.07) is 13.9. The molecule has 0 bridgehead atoms. The second-order valence-electron chi connectivity index (χ2n) is 7.37. The van der Waals surface area contributed by atoms with Crippen molar-refractivity contribution in [3.8, 4) is 0 Å². The first-order valence-electron chi connectivity index (χ1n) is 9.68. The number of carbonyl (C=O) groups excluding carboxylic acids is 1. The van der Waals surface area contributed by atoms with E-state index in [-0.39, 0.29) is 35.0 Å². The smallest absolute Gasteiger partial charge is 0.244 e. The predicted molar refractivity (Wildman–Crippen MR) is 119 cm³/mol. The van der Waals surface area contributed by atoms with Crippen LogP contribution in [0.4, 0.5) is 0 Å². The van der Waals surface area contributed by atoms with Crippen molar-refractivity contribution >= 4 is 39.1 Å². The molecular formula is C21H25Cl2N3O3S. The molecule has 1 amide bonds. The van der Waals surface area contributed by atoms with Crippen LogP contribution in [-0.2, 0) is 21.4 Å². The Bertz CT molecular complexity index is 994. The van der Waals surface area contributed by atoms with Gasteiger partial charge < -0.3 is 4.90 Å². The van der Waals surface area contributed by atoms with Gasteiger partial charge in [0.15, 0.2) is 0 Å². The normalized spacial score (nSPS) is 16.9. The second kappa shape index (κ2) is 9.66. The standard InChI is InChI=1S/C21H25Cl2N3O3S/c1-16(21(27)24(2)15-17-6-4-3-5-7-17)25-10-12-26(13-11-25)30(28,29)20-14-18(22)8-9-19(20)23/h3-9,14,16H,10-13,15H2,1-2H3. The van der Waals surface area contributed by atoms with Gasteiger partial charge in [-0.2, -0.15) is 4.31 Å². The van der Waals surface area contributed by atoms with Gasteiger partial charge in [-0.05, 0) is 30.7 Å². The van der Waals surface area contributed by atoms with Gasteiger partial charge in [0, 0.05) is 44.8 Å². The first-order chi connectivity index (χ1) is 14.2. The van der Waals surface area contributed by atoms with Gasteiger partial charge in [-0.1, -0.05) is 53.5 Å². The van der Waals surface area contributed by atoms with Gasteiger partial charge in [0.1, 0.15) is 4.90 Å². The summed E-state index contributed by atoms with van der Waals surface area (Å²) < 4.78 is 27.3. The number of rotatable bonds is 6. The van der Waals surface area contributed by atoms with E-state index >= 15 is 0 Å². The number of benzene rings is 2. The highest BCUT2D eigenvalue weighted by atomic mass is 35.5. The van der Waals surface area contributed by atoms with Crippen molar-refractivity contribution in [3.05, 3.63) is 64.1 Å². The van der Waals surface area contributed by atoms with Gasteiger partial charge in [0.25, 0.3) is 0 Å². The Morgan fingerprint density at radius 1 is 1.07 bits per heavy atom. The van der Waals surface area contributed by atoms with Crippen LogP contribution in [-0.4, -0.2) is 67.7 Å². The molecule has 1 saturated heterocycles. The first kappa shape index (κ1) is 23.0. The van der Waals surface area contributed by atoms with Crippen molar-refractivity contribution in [2.45, 2.75) is 24.4 Å². The molecule has 0 radical (unpaired) electrons. The minimum Gasteiger partial charge on any atom is -0.340 e. The number of hydrogen-bond donors (Lipinski definition) is 0. The molecule has 0 saturated carbocycles. The van der Waals surface area contributed by atoms with Crippen molar-refractivity contribution in [3.63, 3.8) is 0 Å². The quantitative estimate of drug-likeness (QED) is 0.650. The highest BCUT2D eigenvalue weighted by Crippen LogP contribution is 2.28. The molecule has 0 aromatic heterocycles. The van der Waals surface area contributed by atoms with Crippen molar-refractivity contribution in [2.24, 2.45) is 0 Å². The molecule has 1 fully saturated rings. The molecule has 2 aromatic carbocycles. The van der Waals surface area contributed by atoms with Crippen molar-refractivity contribution in [1.82, 2.24) is 14.1 Å². The molecule has 0 spiro atoms. The van der Waals surface area contributed by atoms with E-state index in [2.05, 4.69) is 0 Å². The van der Waals surface area contributed by atoms with Crippen LogP contribution in [0, 0.1) is 0 Å². The second-order valence-corrected chi connectivity index (χ2v) is 10.1. The third-order valence-corrected chi connectivity index (χ3v) is 7.94. The van der Waals surface area contributed by atoms with Crippen molar-refractivity contribution in [1.29, 1.82) is 0 Å². The molecule has 6 nitrogen and oxygen atoms in total. The van der Waals surface area contributed by atoms with E-state index in [9.17, 15) is 13.2 Å². The van der Waals surface area contributed by atoms with E-state index in [4.69, 9.17) is 23.2 Å². The number of halogens is 2. The molecule has 2 aromatic rings. The predicted octanol–water partition coefficient (Wildman–Crippen LogP) is 3.35. The maximum Gasteiger partial charge on any atom is 0.244 e. The molecule has 1 aliphatic heterocycles. The highest BCUT2D eigenvalue weighted by Gasteiger charge is 2.33. The molecule has 9 heteroatoms. The fraction of sp³-hybridized carbons (Fsp3) is 0.381. The summed E-state index contributed by atoms with van der Waals surface area (Å²) in [6.45, 7) is 3.89. The monoisotopic (exact) mass is 469 g/mol. The molecule has 162 valence electrons. The molecule has 0 aliphatic carbocycles. The van der Waals surface area contributed by atoms with Crippen LogP contribution in [0.1, 0.15) is 12.5 Å². The minimum atomic E-state index is -3.75. The van der Waals surface area contributed by atoms with Crippen LogP contribution in [0.5, 0.6) is 0 Å². The summed E-state index contributed by atoms with van der Waals surface area (Å²) in [5.41, 5.74) is 1.06. The van der Waals surface area contributed by atoms with Gasteiger partial charge in [0.2, 0.25) is 15.9 Å². The topological polar surface area (TPSA) is 60.9 Å². The lowest BCUT2D eigenvalue weighted by Crippen LogP contribution is -2.55. The average Bonchev–Trinajstić information content (AvgIpc) is 2.75. The van der Waals surface area contributed by atoms with Crippen LogP contribution in [0.25, 0.3) is 0 Å². The third-order valence-electron chi connectivity index (χ3n) is 5.33. The molecule has 1 unspecified atom stereocenters. The lowest BCUT2D eigenvalue weighted by molar-refractivity contribution is -0.136. The Morgan fingerprint density at radius 3 is 2.33 bits per heavy atom. The van der Waals surface area contributed by atoms with Crippen LogP contribution in [0.2, 0.25) is 10.0 Å². The highest BCUT2D eigenvalue weighted by molar-refractivity contribution is 7.89. The number of nitrogens with zero attached hydrogens (tertiary/aromatic N) is 3. The number of sulfonamides is 1. The van der Waals surface area contributed by atoms with E-state index in [1.54, 1.807) is 18.0 Å². The zero-order valence-electron chi connectivity index (χ0n) is 17.0. The SMILES string of the molecule is CC(C(=O)N(C)Cc1ccccc1)N1CCN(S(=O)(=O)c2cc(Cl)ccc2Cl)CC1. The van der Waals surface area contributed by atoms with Crippen LogP contribution < -0.4 is 0 Å². The Morgan fingerprint density at radius 2 is 1.70 bits per heavy atom. The van der Waals surface area contributed by atoms with E-state index < -0.39 is 10.0 Å². The van der Waals surface area contributed by atoms with Crippen molar-refractivity contribution in [2.75, 3.05) is 33.2 Å². The van der Waals surface area contributed by atoms with Crippen LogP contribution in [0.15, 0.2) is 53.4 Å². The number of hydrogen-bond acceptors (Lipinski definition) is 4. The lowest BCUT2D eigenvalue weighted by atomic mass is 10.2. The molecule has 30 heavy (non-hydrogen) atoms. The Balaban J connectivity index is 1.61. The number of amides is 1. The average molecular weight is 470 g/mol. The molecule has 1 aliphatic rings. The number of carbonyl (C=O) groups is 1. The van der Waals surface area contributed by atoms with Crippen LogP contribution in [0.3, 0.4) is 0 Å². The minimum absolute atomic E-state index is 0.00745. The van der Waals surface area contributed by atoms with E-state index in [0.717, 1.165) is 5.56 Å². The summed E-state index contributed by atoms with van der Waals surface area (Å²) >= 11 is 12.1. The summed E-state index contributed by atoms with van der Waals surface area (Å²) in [5.74, 6) is 0.00745. The largest absolute Gasteiger partial charge is 0.340 e. The number of piperazine rings is 1. The third kappa shape index (κ3) is 5.15. The fourth-order valence-corrected chi connectivity index (χ4v) is 5.71. The summed E-state index contributed by atoms with van der Waals surface area (Å²) in [7, 11) is -1.96. The van der Waals surface area contributed by atoms with E-state index in [0.29, 0.717) is 24.7 Å².